The molecule has 0 fully saturated rings. The van der Waals surface area contributed by atoms with E-state index >= 15 is 0 Å². The minimum Gasteiger partial charge on any atom is -0.493 e. The van der Waals surface area contributed by atoms with Gasteiger partial charge in [-0.2, -0.15) is 0 Å². The molecule has 0 saturated carbocycles. The zero-order valence-corrected chi connectivity index (χ0v) is 20.4. The Balaban J connectivity index is 1.49. The van der Waals surface area contributed by atoms with Crippen LogP contribution < -0.4 is 9.46 Å². The molecule has 2 heterocycles. The van der Waals surface area contributed by atoms with Crippen LogP contribution in [0.5, 0.6) is 5.75 Å². The highest BCUT2D eigenvalue weighted by Gasteiger charge is 2.28. The Hall–Kier alpha value is -2.61. The second-order valence-electron chi connectivity index (χ2n) is 9.08. The van der Waals surface area contributed by atoms with Crippen molar-refractivity contribution in [2.24, 2.45) is 13.0 Å². The second-order valence-corrected chi connectivity index (χ2v) is 10.8. The highest BCUT2D eigenvalue weighted by Crippen LogP contribution is 2.28. The Morgan fingerprint density at radius 1 is 1.00 bits per heavy atom. The summed E-state index contributed by atoms with van der Waals surface area (Å²) in [7, 11) is -1.64. The third-order valence-corrected chi connectivity index (χ3v) is 7.55. The fourth-order valence-corrected chi connectivity index (χ4v) is 5.31. The van der Waals surface area contributed by atoms with Crippen LogP contribution in [0.4, 0.5) is 0 Å². The van der Waals surface area contributed by atoms with E-state index in [-0.39, 0.29) is 10.9 Å². The first kappa shape index (κ1) is 23.5. The number of sulfonamides is 1. The summed E-state index contributed by atoms with van der Waals surface area (Å²) < 4.78 is 36.8. The second kappa shape index (κ2) is 10.1. The maximum Gasteiger partial charge on any atom is 0.240 e. The number of hydrogen-bond acceptors (Lipinski definition) is 4. The summed E-state index contributed by atoms with van der Waals surface area (Å²) in [5.74, 6) is 1.09. The third-order valence-electron chi connectivity index (χ3n) is 6.11. The van der Waals surface area contributed by atoms with Crippen LogP contribution in [0.25, 0.3) is 0 Å². The average Bonchev–Trinajstić information content (AvgIpc) is 3.23. The molecule has 1 aliphatic rings. The van der Waals surface area contributed by atoms with E-state index in [1.165, 1.54) is 11.1 Å². The predicted molar refractivity (Wildman–Crippen MR) is 131 cm³/mol. The molecule has 0 saturated heterocycles. The molecule has 1 N–H and O–H groups in total. The van der Waals surface area contributed by atoms with Crippen molar-refractivity contribution in [3.05, 3.63) is 83.7 Å². The van der Waals surface area contributed by atoms with Crippen molar-refractivity contribution in [3.8, 4) is 5.75 Å². The van der Waals surface area contributed by atoms with E-state index in [2.05, 4.69) is 58.4 Å². The molecular formula is C26H33N3O3S. The van der Waals surface area contributed by atoms with Gasteiger partial charge in [0.2, 0.25) is 10.0 Å². The maximum absolute atomic E-state index is 13.1. The molecule has 176 valence electrons. The summed E-state index contributed by atoms with van der Waals surface area (Å²) in [6.45, 7) is 6.74. The number of ether oxygens (including phenoxy) is 1. The van der Waals surface area contributed by atoms with Crippen LogP contribution in [-0.2, 0) is 30.0 Å². The average molecular weight is 468 g/mol. The number of nitrogens with zero attached hydrogens (tertiary/aromatic N) is 2. The highest BCUT2D eigenvalue weighted by atomic mass is 32.2. The molecule has 7 heteroatoms. The minimum atomic E-state index is -3.65. The van der Waals surface area contributed by atoms with E-state index in [0.29, 0.717) is 24.8 Å². The highest BCUT2D eigenvalue weighted by molar-refractivity contribution is 7.89. The van der Waals surface area contributed by atoms with Crippen molar-refractivity contribution in [2.45, 2.75) is 37.8 Å². The number of fused-ring (bicyclic) bond motifs is 1. The summed E-state index contributed by atoms with van der Waals surface area (Å²) in [4.78, 5) is 2.61. The molecule has 0 spiro atoms. The smallest absolute Gasteiger partial charge is 0.240 e. The Morgan fingerprint density at radius 3 is 2.39 bits per heavy atom. The molecule has 0 amide bonds. The van der Waals surface area contributed by atoms with Crippen LogP contribution in [0.3, 0.4) is 0 Å². The van der Waals surface area contributed by atoms with Gasteiger partial charge in [-0.1, -0.05) is 38.1 Å². The number of aromatic nitrogens is 1. The van der Waals surface area contributed by atoms with Gasteiger partial charge in [0.05, 0.1) is 17.5 Å². The maximum atomic E-state index is 13.1. The summed E-state index contributed by atoms with van der Waals surface area (Å²) >= 11 is 0. The monoisotopic (exact) mass is 467 g/mol. The Morgan fingerprint density at radius 2 is 1.73 bits per heavy atom. The zero-order valence-electron chi connectivity index (χ0n) is 19.6. The largest absolute Gasteiger partial charge is 0.493 e. The van der Waals surface area contributed by atoms with Crippen LogP contribution in [0.2, 0.25) is 0 Å². The first-order valence-corrected chi connectivity index (χ1v) is 13.0. The molecule has 1 aromatic heterocycles. The zero-order chi connectivity index (χ0) is 23.4. The van der Waals surface area contributed by atoms with Gasteiger partial charge >= 0.3 is 0 Å². The standard InChI is InChI=1S/C26H33N3O3S/c1-20(2)19-32-23-10-12-24(13-11-23)33(30,31)27-17-26(25-9-6-15-28(25)3)29-16-14-21-7-4-5-8-22(21)18-29/h4-13,15,20,26-27H,14,16-19H2,1-3H3. The van der Waals surface area contributed by atoms with Crippen molar-refractivity contribution in [2.75, 3.05) is 19.7 Å². The Bertz CT molecular complexity index is 1170. The number of aryl methyl sites for hydroxylation is 1. The molecule has 1 aliphatic heterocycles. The third kappa shape index (κ3) is 5.66. The summed E-state index contributed by atoms with van der Waals surface area (Å²) in [6.07, 6.45) is 2.96. The number of rotatable bonds is 9. The summed E-state index contributed by atoms with van der Waals surface area (Å²) in [5.41, 5.74) is 3.78. The number of benzene rings is 2. The fraction of sp³-hybridized carbons (Fsp3) is 0.385. The van der Waals surface area contributed by atoms with Gasteiger partial charge in [0.15, 0.2) is 0 Å². The molecule has 4 rings (SSSR count). The van der Waals surface area contributed by atoms with E-state index in [4.69, 9.17) is 4.74 Å². The molecule has 0 aliphatic carbocycles. The molecule has 0 radical (unpaired) electrons. The predicted octanol–water partition coefficient (Wildman–Crippen LogP) is 4.14. The van der Waals surface area contributed by atoms with Crippen LogP contribution in [-0.4, -0.2) is 37.6 Å². The lowest BCUT2D eigenvalue weighted by Crippen LogP contribution is -2.41. The van der Waals surface area contributed by atoms with Gasteiger partial charge in [-0.3, -0.25) is 4.90 Å². The van der Waals surface area contributed by atoms with Gasteiger partial charge in [0.25, 0.3) is 0 Å². The molecule has 6 nitrogen and oxygen atoms in total. The molecule has 33 heavy (non-hydrogen) atoms. The Kier molecular flexibility index (Phi) is 7.22. The molecule has 1 atom stereocenters. The van der Waals surface area contributed by atoms with Crippen molar-refractivity contribution in [1.29, 1.82) is 0 Å². The van der Waals surface area contributed by atoms with Crippen molar-refractivity contribution >= 4 is 10.0 Å². The van der Waals surface area contributed by atoms with Crippen LogP contribution >= 0.6 is 0 Å². The SMILES string of the molecule is CC(C)COc1ccc(S(=O)(=O)NCC(c2cccn2C)N2CCc3ccccc3C2)cc1. The molecule has 3 aromatic rings. The first-order valence-electron chi connectivity index (χ1n) is 11.5. The van der Waals surface area contributed by atoms with Crippen molar-refractivity contribution in [3.63, 3.8) is 0 Å². The molecule has 0 bridgehead atoms. The molecule has 2 aromatic carbocycles. The summed E-state index contributed by atoms with van der Waals surface area (Å²) in [5, 5.41) is 0. The van der Waals surface area contributed by atoms with Crippen LogP contribution in [0.15, 0.2) is 71.8 Å². The number of nitrogens with one attached hydrogen (secondary N) is 1. The Labute approximate surface area is 197 Å². The van der Waals surface area contributed by atoms with Crippen LogP contribution in [0.1, 0.15) is 36.7 Å². The topological polar surface area (TPSA) is 63.6 Å². The van der Waals surface area contributed by atoms with Gasteiger partial charge < -0.3 is 9.30 Å². The van der Waals surface area contributed by atoms with E-state index in [9.17, 15) is 8.42 Å². The minimum absolute atomic E-state index is 0.0678. The molecule has 1 unspecified atom stereocenters. The van der Waals surface area contributed by atoms with E-state index in [0.717, 1.165) is 25.2 Å². The van der Waals surface area contributed by atoms with Crippen molar-refractivity contribution in [1.82, 2.24) is 14.2 Å². The normalized spacial score (nSPS) is 15.4. The summed E-state index contributed by atoms with van der Waals surface area (Å²) in [6, 6.07) is 19.1. The quantitative estimate of drug-likeness (QED) is 0.514. The van der Waals surface area contributed by atoms with Gasteiger partial charge in [-0.25, -0.2) is 13.1 Å². The van der Waals surface area contributed by atoms with E-state index in [1.807, 2.05) is 19.3 Å². The van der Waals surface area contributed by atoms with E-state index < -0.39 is 10.0 Å². The number of hydrogen-bond donors (Lipinski definition) is 1. The van der Waals surface area contributed by atoms with Gasteiger partial charge in [-0.05, 0) is 59.9 Å². The lowest BCUT2D eigenvalue weighted by molar-refractivity contribution is 0.174. The van der Waals surface area contributed by atoms with Crippen molar-refractivity contribution < 1.29 is 13.2 Å². The van der Waals surface area contributed by atoms with Crippen LogP contribution in [0, 0.1) is 5.92 Å². The fourth-order valence-electron chi connectivity index (χ4n) is 4.27. The first-order chi connectivity index (χ1) is 15.8. The van der Waals surface area contributed by atoms with Gasteiger partial charge in [0, 0.05) is 38.6 Å². The lowest BCUT2D eigenvalue weighted by Gasteiger charge is -2.36. The lowest BCUT2D eigenvalue weighted by atomic mass is 9.98. The molecular weight excluding hydrogens is 434 g/mol. The van der Waals surface area contributed by atoms with E-state index in [1.54, 1.807) is 24.3 Å². The van der Waals surface area contributed by atoms with Gasteiger partial charge in [0.1, 0.15) is 5.75 Å². The van der Waals surface area contributed by atoms with Gasteiger partial charge in [-0.15, -0.1) is 0 Å².